The molecule has 0 aliphatic rings. The van der Waals surface area contributed by atoms with Crippen LogP contribution in [0.4, 0.5) is 0 Å². The van der Waals surface area contributed by atoms with E-state index in [1.165, 1.54) is 32.6 Å². The predicted octanol–water partition coefficient (Wildman–Crippen LogP) is 3.54. The molecule has 0 bridgehead atoms. The molecule has 0 heterocycles. The molecular formula is C13H30O3. The number of esters is 1. The molecule has 0 unspecified atom stereocenters. The quantitative estimate of drug-likeness (QED) is 0.598. The summed E-state index contributed by atoms with van der Waals surface area (Å²) in [6.45, 7) is 11.6. The number of carbonyl (C=O) groups excluding carboxylic acids is 1. The zero-order valence-corrected chi connectivity index (χ0v) is 11.9. The Morgan fingerprint density at radius 1 is 1.12 bits per heavy atom. The third-order valence-electron chi connectivity index (χ3n) is 1.30. The number of unbranched alkanes of at least 4 members (excludes halogenated alkanes) is 3. The van der Waals surface area contributed by atoms with Gasteiger partial charge in [0.15, 0.2) is 0 Å². The molecule has 0 aliphatic carbocycles. The zero-order valence-electron chi connectivity index (χ0n) is 11.9. The Morgan fingerprint density at radius 3 is 1.50 bits per heavy atom. The number of aliphatic hydroxyl groups is 1. The molecule has 100 valence electrons. The van der Waals surface area contributed by atoms with Gasteiger partial charge in [-0.25, -0.2) is 0 Å². The average molecular weight is 234 g/mol. The fourth-order valence-electron chi connectivity index (χ4n) is 0.703. The largest absolute Gasteiger partial charge is 0.466 e. The lowest BCUT2D eigenvalue weighted by Crippen LogP contribution is -1.95. The van der Waals surface area contributed by atoms with Crippen LogP contribution in [-0.4, -0.2) is 23.8 Å². The van der Waals surface area contributed by atoms with Crippen molar-refractivity contribution in [3.05, 3.63) is 0 Å². The summed E-state index contributed by atoms with van der Waals surface area (Å²) in [6.07, 6.45) is 5.37. The normalized spacial score (nSPS) is 8.50. The minimum Gasteiger partial charge on any atom is -0.466 e. The number of carbonyl (C=O) groups is 1. The van der Waals surface area contributed by atoms with Crippen LogP contribution in [0.25, 0.3) is 0 Å². The van der Waals surface area contributed by atoms with E-state index in [0.29, 0.717) is 6.61 Å². The molecule has 1 N–H and O–H groups in total. The third kappa shape index (κ3) is 70.4. The van der Waals surface area contributed by atoms with Crippen LogP contribution < -0.4 is 0 Å². The summed E-state index contributed by atoms with van der Waals surface area (Å²) in [4.78, 5) is 9.82. The Hall–Kier alpha value is -0.570. The Balaban J connectivity index is -0.000000162. The van der Waals surface area contributed by atoms with Crippen LogP contribution in [0.3, 0.4) is 0 Å². The molecule has 0 fully saturated rings. The minimum atomic E-state index is -0.211. The molecule has 0 spiro atoms. The van der Waals surface area contributed by atoms with E-state index in [4.69, 9.17) is 5.11 Å². The lowest BCUT2D eigenvalue weighted by Gasteiger charge is -1.89. The van der Waals surface area contributed by atoms with Crippen molar-refractivity contribution in [1.82, 2.24) is 0 Å². The van der Waals surface area contributed by atoms with E-state index < -0.39 is 0 Å². The lowest BCUT2D eigenvalue weighted by atomic mass is 10.2. The molecule has 0 radical (unpaired) electrons. The molecule has 3 nitrogen and oxygen atoms in total. The summed E-state index contributed by atoms with van der Waals surface area (Å²) in [7, 11) is 0. The van der Waals surface area contributed by atoms with Crippen molar-refractivity contribution in [1.29, 1.82) is 0 Å². The van der Waals surface area contributed by atoms with Crippen molar-refractivity contribution in [3.8, 4) is 0 Å². The van der Waals surface area contributed by atoms with Crippen LogP contribution in [0, 0.1) is 0 Å². The first-order valence-corrected chi connectivity index (χ1v) is 6.23. The standard InChI is InChI=1S/C6H14.C4H8O2.C3H8O/c1-3-5-6-4-2;1-3-6-4(2)5;1-3(2)4/h3-6H2,1-2H3;3H2,1-2H3;3-4H,1-2H3. The van der Waals surface area contributed by atoms with Crippen molar-refractivity contribution < 1.29 is 14.6 Å². The van der Waals surface area contributed by atoms with E-state index in [2.05, 4.69) is 18.6 Å². The van der Waals surface area contributed by atoms with Gasteiger partial charge in [-0.3, -0.25) is 4.79 Å². The smallest absolute Gasteiger partial charge is 0.302 e. The SMILES string of the molecule is CC(C)O.CCCCCC.CCOC(C)=O. The first-order chi connectivity index (χ1) is 7.42. The molecule has 0 rings (SSSR count). The predicted molar refractivity (Wildman–Crippen MR) is 69.5 cm³/mol. The van der Waals surface area contributed by atoms with Crippen LogP contribution in [0.2, 0.25) is 0 Å². The Kier molecular flexibility index (Phi) is 25.9. The summed E-state index contributed by atoms with van der Waals surface area (Å²) in [5, 5.41) is 8.06. The fraction of sp³-hybridized carbons (Fsp3) is 0.923. The fourth-order valence-corrected chi connectivity index (χ4v) is 0.703. The van der Waals surface area contributed by atoms with E-state index in [9.17, 15) is 4.79 Å². The van der Waals surface area contributed by atoms with Crippen molar-refractivity contribution >= 4 is 5.97 Å². The summed E-state index contributed by atoms with van der Waals surface area (Å²) in [5.41, 5.74) is 0. The Morgan fingerprint density at radius 2 is 1.44 bits per heavy atom. The maximum Gasteiger partial charge on any atom is 0.302 e. The highest BCUT2D eigenvalue weighted by atomic mass is 16.5. The second-order valence-electron chi connectivity index (χ2n) is 3.73. The van der Waals surface area contributed by atoms with Gasteiger partial charge < -0.3 is 9.84 Å². The molecule has 0 aliphatic heterocycles. The van der Waals surface area contributed by atoms with Crippen LogP contribution in [0.1, 0.15) is 67.2 Å². The Bertz CT molecular complexity index is 116. The number of ether oxygens (including phenoxy) is 1. The summed E-state index contributed by atoms with van der Waals surface area (Å²) < 4.78 is 4.40. The topological polar surface area (TPSA) is 46.5 Å². The van der Waals surface area contributed by atoms with Crippen molar-refractivity contribution in [2.75, 3.05) is 6.61 Å². The second kappa shape index (κ2) is 19.9. The molecule has 3 heteroatoms. The van der Waals surface area contributed by atoms with Crippen molar-refractivity contribution in [2.24, 2.45) is 0 Å². The molecule has 0 atom stereocenters. The van der Waals surface area contributed by atoms with Gasteiger partial charge in [0, 0.05) is 13.0 Å². The molecule has 0 saturated heterocycles. The summed E-state index contributed by atoms with van der Waals surface area (Å²) >= 11 is 0. The van der Waals surface area contributed by atoms with E-state index in [-0.39, 0.29) is 12.1 Å². The van der Waals surface area contributed by atoms with Gasteiger partial charge in [0.2, 0.25) is 0 Å². The van der Waals surface area contributed by atoms with Gasteiger partial charge in [0.05, 0.1) is 6.61 Å². The number of hydrogen-bond acceptors (Lipinski definition) is 3. The van der Waals surface area contributed by atoms with Gasteiger partial charge in [0.25, 0.3) is 0 Å². The Labute approximate surface area is 101 Å². The summed E-state index contributed by atoms with van der Waals surface area (Å²) in [5.74, 6) is -0.211. The molecule has 0 aromatic rings. The van der Waals surface area contributed by atoms with E-state index in [0.717, 1.165) is 0 Å². The molecular weight excluding hydrogens is 204 g/mol. The monoisotopic (exact) mass is 234 g/mol. The lowest BCUT2D eigenvalue weighted by molar-refractivity contribution is -0.140. The van der Waals surface area contributed by atoms with Crippen LogP contribution >= 0.6 is 0 Å². The van der Waals surface area contributed by atoms with Gasteiger partial charge in [-0.2, -0.15) is 0 Å². The first-order valence-electron chi connectivity index (χ1n) is 6.23. The van der Waals surface area contributed by atoms with Gasteiger partial charge in [-0.1, -0.05) is 39.5 Å². The maximum absolute atomic E-state index is 9.82. The van der Waals surface area contributed by atoms with E-state index in [1.807, 2.05) is 0 Å². The van der Waals surface area contributed by atoms with Gasteiger partial charge >= 0.3 is 5.97 Å². The zero-order chi connectivity index (χ0) is 13.4. The average Bonchev–Trinajstić information content (AvgIpc) is 2.14. The molecule has 16 heavy (non-hydrogen) atoms. The van der Waals surface area contributed by atoms with Crippen molar-refractivity contribution in [2.45, 2.75) is 73.3 Å². The second-order valence-corrected chi connectivity index (χ2v) is 3.73. The van der Waals surface area contributed by atoms with Crippen LogP contribution in [0.15, 0.2) is 0 Å². The number of aliphatic hydroxyl groups excluding tert-OH is 1. The van der Waals surface area contributed by atoms with Crippen LogP contribution in [-0.2, 0) is 9.53 Å². The third-order valence-corrected chi connectivity index (χ3v) is 1.30. The van der Waals surface area contributed by atoms with Gasteiger partial charge in [0.1, 0.15) is 0 Å². The van der Waals surface area contributed by atoms with Gasteiger partial charge in [-0.15, -0.1) is 0 Å². The first kappa shape index (κ1) is 20.8. The van der Waals surface area contributed by atoms with Gasteiger partial charge in [-0.05, 0) is 20.8 Å². The maximum atomic E-state index is 9.82. The highest BCUT2D eigenvalue weighted by molar-refractivity contribution is 5.65. The highest BCUT2D eigenvalue weighted by Gasteiger charge is 1.81. The number of rotatable bonds is 4. The molecule has 0 aromatic heterocycles. The molecule has 0 saturated carbocycles. The van der Waals surface area contributed by atoms with E-state index >= 15 is 0 Å². The molecule has 0 aromatic carbocycles. The number of hydrogen-bond donors (Lipinski definition) is 1. The highest BCUT2D eigenvalue weighted by Crippen LogP contribution is 1.95. The van der Waals surface area contributed by atoms with Crippen molar-refractivity contribution in [3.63, 3.8) is 0 Å². The molecule has 0 amide bonds. The summed E-state index contributed by atoms with van der Waals surface area (Å²) in [6, 6.07) is 0. The van der Waals surface area contributed by atoms with Crippen LogP contribution in [0.5, 0.6) is 0 Å². The minimum absolute atomic E-state index is 0.167. The van der Waals surface area contributed by atoms with E-state index in [1.54, 1.807) is 20.8 Å².